The normalized spacial score (nSPS) is 17.2. The molecule has 0 saturated heterocycles. The van der Waals surface area contributed by atoms with Gasteiger partial charge in [0.2, 0.25) is 5.67 Å². The molecular weight excluding hydrogens is 211 g/mol. The largest absolute Gasteiger partial charge is 0.493 e. The van der Waals surface area contributed by atoms with Gasteiger partial charge in [-0.2, -0.15) is 0 Å². The number of hydrogen-bond acceptors (Lipinski definition) is 3. The van der Waals surface area contributed by atoms with Gasteiger partial charge in [-0.25, -0.2) is 9.18 Å². The fourth-order valence-electron chi connectivity index (χ4n) is 1.77. The SMILES string of the molecule is COC(=O)C(C)(F)c1ccc2c(c1)OCC2. The summed E-state index contributed by atoms with van der Waals surface area (Å²) >= 11 is 0. The zero-order chi connectivity index (χ0) is 11.8. The first kappa shape index (κ1) is 10.9. The Balaban J connectivity index is 2.37. The number of esters is 1. The Bertz CT molecular complexity index is 426. The van der Waals surface area contributed by atoms with E-state index >= 15 is 0 Å². The fraction of sp³-hybridized carbons (Fsp3) is 0.417. The highest BCUT2D eigenvalue weighted by atomic mass is 19.1. The van der Waals surface area contributed by atoms with Crippen molar-refractivity contribution >= 4 is 5.97 Å². The van der Waals surface area contributed by atoms with Gasteiger partial charge >= 0.3 is 5.97 Å². The summed E-state index contributed by atoms with van der Waals surface area (Å²) in [5.74, 6) is -0.240. The molecule has 0 N–H and O–H groups in total. The minimum atomic E-state index is -2.13. The van der Waals surface area contributed by atoms with Gasteiger partial charge in [-0.15, -0.1) is 0 Å². The number of benzene rings is 1. The molecule has 1 heterocycles. The van der Waals surface area contributed by atoms with Gasteiger partial charge in [-0.05, 0) is 18.6 Å². The first-order valence-corrected chi connectivity index (χ1v) is 5.09. The minimum Gasteiger partial charge on any atom is -0.493 e. The predicted octanol–water partition coefficient (Wildman–Crippen LogP) is 1.98. The highest BCUT2D eigenvalue weighted by Crippen LogP contribution is 2.33. The minimum absolute atomic E-state index is 0.264. The van der Waals surface area contributed by atoms with Crippen LogP contribution in [-0.2, 0) is 21.6 Å². The zero-order valence-corrected chi connectivity index (χ0v) is 9.25. The third-order valence-corrected chi connectivity index (χ3v) is 2.81. The van der Waals surface area contributed by atoms with E-state index in [2.05, 4.69) is 4.74 Å². The summed E-state index contributed by atoms with van der Waals surface area (Å²) in [5, 5.41) is 0. The first-order valence-electron chi connectivity index (χ1n) is 5.09. The van der Waals surface area contributed by atoms with E-state index in [0.29, 0.717) is 12.4 Å². The van der Waals surface area contributed by atoms with Crippen LogP contribution in [0.25, 0.3) is 0 Å². The van der Waals surface area contributed by atoms with Crippen molar-refractivity contribution in [3.63, 3.8) is 0 Å². The number of halogens is 1. The van der Waals surface area contributed by atoms with Crippen molar-refractivity contribution in [1.29, 1.82) is 0 Å². The van der Waals surface area contributed by atoms with Crippen LogP contribution in [0.5, 0.6) is 5.75 Å². The average Bonchev–Trinajstić information content (AvgIpc) is 2.74. The molecule has 1 aromatic carbocycles. The van der Waals surface area contributed by atoms with Gasteiger partial charge in [0.25, 0.3) is 0 Å². The van der Waals surface area contributed by atoms with Crippen molar-refractivity contribution in [2.45, 2.75) is 19.0 Å². The Morgan fingerprint density at radius 1 is 1.56 bits per heavy atom. The van der Waals surface area contributed by atoms with Crippen LogP contribution in [0.4, 0.5) is 4.39 Å². The van der Waals surface area contributed by atoms with E-state index < -0.39 is 11.6 Å². The molecule has 2 rings (SSSR count). The van der Waals surface area contributed by atoms with Crippen LogP contribution >= 0.6 is 0 Å². The van der Waals surface area contributed by atoms with E-state index in [0.717, 1.165) is 12.0 Å². The average molecular weight is 224 g/mol. The molecule has 0 bridgehead atoms. The van der Waals surface area contributed by atoms with Gasteiger partial charge in [-0.3, -0.25) is 0 Å². The third-order valence-electron chi connectivity index (χ3n) is 2.81. The molecule has 16 heavy (non-hydrogen) atoms. The second-order valence-electron chi connectivity index (χ2n) is 3.92. The van der Waals surface area contributed by atoms with Crippen LogP contribution in [0.2, 0.25) is 0 Å². The van der Waals surface area contributed by atoms with Crippen molar-refractivity contribution < 1.29 is 18.7 Å². The molecule has 0 radical (unpaired) electrons. The Morgan fingerprint density at radius 2 is 2.31 bits per heavy atom. The molecule has 4 heteroatoms. The topological polar surface area (TPSA) is 35.5 Å². The first-order chi connectivity index (χ1) is 7.55. The lowest BCUT2D eigenvalue weighted by molar-refractivity contribution is -0.154. The molecule has 86 valence electrons. The summed E-state index contributed by atoms with van der Waals surface area (Å²) < 4.78 is 23.9. The van der Waals surface area contributed by atoms with Gasteiger partial charge in [0.1, 0.15) is 5.75 Å². The molecule has 0 fully saturated rings. The second-order valence-corrected chi connectivity index (χ2v) is 3.92. The molecule has 1 atom stereocenters. The number of fused-ring (bicyclic) bond motifs is 1. The highest BCUT2D eigenvalue weighted by Gasteiger charge is 2.37. The predicted molar refractivity (Wildman–Crippen MR) is 56.1 cm³/mol. The van der Waals surface area contributed by atoms with Crippen LogP contribution in [0, 0.1) is 0 Å². The molecule has 1 aliphatic heterocycles. The number of alkyl halides is 1. The number of rotatable bonds is 2. The number of methoxy groups -OCH3 is 1. The molecule has 0 saturated carbocycles. The quantitative estimate of drug-likeness (QED) is 0.720. The maximum atomic E-state index is 14.2. The number of hydrogen-bond donors (Lipinski definition) is 0. The Labute approximate surface area is 93.2 Å². The molecule has 0 aromatic heterocycles. The molecule has 1 aliphatic rings. The van der Waals surface area contributed by atoms with E-state index in [1.807, 2.05) is 0 Å². The van der Waals surface area contributed by atoms with Crippen LogP contribution < -0.4 is 4.74 Å². The van der Waals surface area contributed by atoms with E-state index in [-0.39, 0.29) is 5.56 Å². The Kier molecular flexibility index (Phi) is 2.58. The van der Waals surface area contributed by atoms with E-state index in [1.54, 1.807) is 18.2 Å². The number of carbonyl (C=O) groups excluding carboxylic acids is 1. The Hall–Kier alpha value is -1.58. The van der Waals surface area contributed by atoms with Crippen LogP contribution in [0.15, 0.2) is 18.2 Å². The lowest BCUT2D eigenvalue weighted by Gasteiger charge is -2.18. The van der Waals surface area contributed by atoms with E-state index in [4.69, 9.17) is 4.74 Å². The fourth-order valence-corrected chi connectivity index (χ4v) is 1.77. The van der Waals surface area contributed by atoms with E-state index in [9.17, 15) is 9.18 Å². The standard InChI is InChI=1S/C12H13FO3/c1-12(13,11(14)15-2)9-4-3-8-5-6-16-10(8)7-9/h3-4,7H,5-6H2,1-2H3. The van der Waals surface area contributed by atoms with Crippen LogP contribution in [0.3, 0.4) is 0 Å². The lowest BCUT2D eigenvalue weighted by Crippen LogP contribution is -2.28. The monoisotopic (exact) mass is 224 g/mol. The molecular formula is C12H13FO3. The number of carbonyl (C=O) groups is 1. The molecule has 0 aliphatic carbocycles. The maximum Gasteiger partial charge on any atom is 0.348 e. The van der Waals surface area contributed by atoms with Crippen LogP contribution in [-0.4, -0.2) is 19.7 Å². The van der Waals surface area contributed by atoms with E-state index in [1.165, 1.54) is 14.0 Å². The number of ether oxygens (including phenoxy) is 2. The summed E-state index contributed by atoms with van der Waals surface area (Å²) in [7, 11) is 1.17. The van der Waals surface area contributed by atoms with Crippen molar-refractivity contribution in [3.05, 3.63) is 29.3 Å². The zero-order valence-electron chi connectivity index (χ0n) is 9.25. The highest BCUT2D eigenvalue weighted by molar-refractivity contribution is 5.80. The smallest absolute Gasteiger partial charge is 0.348 e. The van der Waals surface area contributed by atoms with Gasteiger partial charge in [0.05, 0.1) is 13.7 Å². The summed E-state index contributed by atoms with van der Waals surface area (Å²) in [6, 6.07) is 4.96. The molecule has 1 unspecified atom stereocenters. The van der Waals surface area contributed by atoms with Crippen molar-refractivity contribution in [2.24, 2.45) is 0 Å². The summed E-state index contributed by atoms with van der Waals surface area (Å²) in [6.45, 7) is 1.80. The third kappa shape index (κ3) is 1.64. The van der Waals surface area contributed by atoms with Gasteiger partial charge in [0, 0.05) is 12.0 Å². The van der Waals surface area contributed by atoms with Gasteiger partial charge < -0.3 is 9.47 Å². The lowest BCUT2D eigenvalue weighted by atomic mass is 9.96. The second kappa shape index (κ2) is 3.77. The maximum absolute atomic E-state index is 14.2. The molecule has 1 aromatic rings. The van der Waals surface area contributed by atoms with Crippen molar-refractivity contribution in [3.8, 4) is 5.75 Å². The van der Waals surface area contributed by atoms with Crippen molar-refractivity contribution in [1.82, 2.24) is 0 Å². The van der Waals surface area contributed by atoms with Crippen molar-refractivity contribution in [2.75, 3.05) is 13.7 Å². The van der Waals surface area contributed by atoms with Gasteiger partial charge in [-0.1, -0.05) is 12.1 Å². The van der Waals surface area contributed by atoms with Gasteiger partial charge in [0.15, 0.2) is 0 Å². The molecule has 3 nitrogen and oxygen atoms in total. The Morgan fingerprint density at radius 3 is 3.00 bits per heavy atom. The van der Waals surface area contributed by atoms with Crippen LogP contribution in [0.1, 0.15) is 18.1 Å². The molecule has 0 spiro atoms. The summed E-state index contributed by atoms with van der Waals surface area (Å²) in [6.07, 6.45) is 0.830. The molecule has 0 amide bonds. The summed E-state index contributed by atoms with van der Waals surface area (Å²) in [5.41, 5.74) is -0.820. The summed E-state index contributed by atoms with van der Waals surface area (Å²) in [4.78, 5) is 11.3.